The maximum absolute atomic E-state index is 13.6. The lowest BCUT2D eigenvalue weighted by Crippen LogP contribution is -2.49. The van der Waals surface area contributed by atoms with E-state index in [2.05, 4.69) is 25.4 Å². The quantitative estimate of drug-likeness (QED) is 0.485. The number of benzene rings is 1. The Morgan fingerprint density at radius 1 is 1.03 bits per heavy atom. The van der Waals surface area contributed by atoms with Crippen molar-refractivity contribution >= 4 is 5.91 Å². The van der Waals surface area contributed by atoms with Crippen LogP contribution in [-0.4, -0.2) is 37.7 Å². The highest BCUT2D eigenvalue weighted by molar-refractivity contribution is 5.94. The predicted molar refractivity (Wildman–Crippen MR) is 112 cm³/mol. The first-order chi connectivity index (χ1) is 17.0. The van der Waals surface area contributed by atoms with Crippen molar-refractivity contribution in [3.05, 3.63) is 53.4 Å². The number of hydrogen-bond acceptors (Lipinski definition) is 7. The summed E-state index contributed by atoms with van der Waals surface area (Å²) in [7, 11) is 0. The van der Waals surface area contributed by atoms with Gasteiger partial charge in [-0.05, 0) is 56.1 Å². The minimum Gasteiger partial charge on any atom is -0.503 e. The molecule has 6 rings (SSSR count). The number of amides is 1. The molecule has 1 amide bonds. The molecule has 0 unspecified atom stereocenters. The van der Waals surface area contributed by atoms with Crippen molar-refractivity contribution in [2.24, 2.45) is 5.41 Å². The molecule has 3 saturated carbocycles. The summed E-state index contributed by atoms with van der Waals surface area (Å²) >= 11 is 0. The second kappa shape index (κ2) is 8.49. The van der Waals surface area contributed by atoms with E-state index in [4.69, 9.17) is 4.52 Å². The molecular weight excluding hydrogens is 489 g/mol. The second-order valence-corrected chi connectivity index (χ2v) is 9.47. The van der Waals surface area contributed by atoms with E-state index in [-0.39, 0.29) is 27.8 Å². The van der Waals surface area contributed by atoms with Crippen LogP contribution in [0.5, 0.6) is 5.75 Å². The Bertz CT molecular complexity index is 1260. The van der Waals surface area contributed by atoms with Gasteiger partial charge in [-0.3, -0.25) is 4.79 Å². The molecule has 13 heteroatoms. The van der Waals surface area contributed by atoms with Crippen LogP contribution in [0.2, 0.25) is 0 Å². The Labute approximate surface area is 201 Å². The van der Waals surface area contributed by atoms with Crippen LogP contribution < -0.4 is 5.32 Å². The lowest BCUT2D eigenvalue weighted by Gasteiger charge is -2.52. The fourth-order valence-corrected chi connectivity index (χ4v) is 5.07. The Balaban J connectivity index is 1.23. The molecule has 2 bridgehead atoms. The zero-order chi connectivity index (χ0) is 25.7. The van der Waals surface area contributed by atoms with E-state index in [9.17, 15) is 31.9 Å². The van der Waals surface area contributed by atoms with Gasteiger partial charge >= 0.3 is 6.18 Å². The van der Waals surface area contributed by atoms with Crippen LogP contribution in [0.3, 0.4) is 0 Å². The average molecular weight is 509 g/mol. The Morgan fingerprint density at radius 3 is 2.17 bits per heavy atom. The van der Waals surface area contributed by atoms with Crippen molar-refractivity contribution in [1.82, 2.24) is 25.4 Å². The fourth-order valence-electron chi connectivity index (χ4n) is 5.07. The zero-order valence-electron chi connectivity index (χ0n) is 18.7. The average Bonchev–Trinajstić information content (AvgIpc) is 3.38. The number of aromatic hydroxyl groups is 1. The van der Waals surface area contributed by atoms with Gasteiger partial charge in [-0.15, -0.1) is 0 Å². The van der Waals surface area contributed by atoms with Crippen LogP contribution in [0.1, 0.15) is 60.5 Å². The number of carbonyl (C=O) groups is 1. The van der Waals surface area contributed by atoms with Gasteiger partial charge in [0.05, 0.1) is 5.56 Å². The molecule has 8 nitrogen and oxygen atoms in total. The largest absolute Gasteiger partial charge is 0.503 e. The van der Waals surface area contributed by atoms with Crippen molar-refractivity contribution in [2.75, 3.05) is 6.54 Å². The third-order valence-electron chi connectivity index (χ3n) is 7.36. The number of fused-ring (bicyclic) bond motifs is 3. The van der Waals surface area contributed by atoms with E-state index in [1.165, 1.54) is 0 Å². The molecule has 3 aliphatic rings. The molecule has 3 aromatic rings. The van der Waals surface area contributed by atoms with E-state index < -0.39 is 35.3 Å². The normalized spacial score (nSPS) is 23.6. The molecule has 36 heavy (non-hydrogen) atoms. The molecule has 0 radical (unpaired) electrons. The van der Waals surface area contributed by atoms with Gasteiger partial charge in [0.1, 0.15) is 0 Å². The van der Waals surface area contributed by atoms with E-state index >= 15 is 0 Å². The maximum atomic E-state index is 13.6. The molecule has 190 valence electrons. The molecule has 0 aliphatic heterocycles. The van der Waals surface area contributed by atoms with Crippen molar-refractivity contribution in [3.63, 3.8) is 0 Å². The van der Waals surface area contributed by atoms with Crippen LogP contribution in [0.15, 0.2) is 29.0 Å². The Kier molecular flexibility index (Phi) is 5.67. The first kappa shape index (κ1) is 24.1. The number of nitrogens with one attached hydrogen (secondary N) is 1. The number of rotatable bonds is 5. The predicted octanol–water partition coefficient (Wildman–Crippen LogP) is 4.55. The number of aromatic nitrogens is 4. The monoisotopic (exact) mass is 509 g/mol. The van der Waals surface area contributed by atoms with Crippen LogP contribution in [0.25, 0.3) is 11.5 Å². The molecule has 2 heterocycles. The van der Waals surface area contributed by atoms with Crippen molar-refractivity contribution in [1.29, 1.82) is 0 Å². The number of alkyl halides is 3. The van der Waals surface area contributed by atoms with E-state index in [0.29, 0.717) is 31.6 Å². The molecule has 1 aromatic carbocycles. The van der Waals surface area contributed by atoms with Crippen molar-refractivity contribution in [2.45, 2.75) is 50.1 Å². The first-order valence-corrected chi connectivity index (χ1v) is 11.2. The van der Waals surface area contributed by atoms with E-state index in [1.807, 2.05) is 0 Å². The summed E-state index contributed by atoms with van der Waals surface area (Å²) in [6.45, 7) is 0.326. The van der Waals surface area contributed by atoms with Gasteiger partial charge in [-0.1, -0.05) is 5.16 Å². The van der Waals surface area contributed by atoms with Crippen LogP contribution in [-0.2, 0) is 11.6 Å². The fraction of sp³-hybridized carbons (Fsp3) is 0.435. The summed E-state index contributed by atoms with van der Waals surface area (Å²) < 4.78 is 70.5. The first-order valence-electron chi connectivity index (χ1n) is 11.2. The molecule has 2 aromatic heterocycles. The second-order valence-electron chi connectivity index (χ2n) is 9.47. The SMILES string of the molecule is O=C(NCC12CCC(c3noc(-c4cnc(C(F)(F)F)nc4)n3)(CC1)CC2)c1cc(F)c(O)c(F)c1. The lowest BCUT2D eigenvalue weighted by atomic mass is 9.53. The van der Waals surface area contributed by atoms with Gasteiger partial charge in [-0.25, -0.2) is 18.7 Å². The summed E-state index contributed by atoms with van der Waals surface area (Å²) in [4.78, 5) is 23.5. The Hall–Kier alpha value is -3.64. The molecule has 2 N–H and O–H groups in total. The van der Waals surface area contributed by atoms with Gasteiger partial charge in [0.25, 0.3) is 11.8 Å². The number of carbonyl (C=O) groups excluding carboxylic acids is 1. The molecule has 3 aliphatic carbocycles. The number of phenolic OH excluding ortho intramolecular Hbond substituents is 1. The summed E-state index contributed by atoms with van der Waals surface area (Å²) in [5.41, 5.74) is -0.557. The molecule has 3 fully saturated rings. The topological polar surface area (TPSA) is 114 Å². The minimum absolute atomic E-state index is 0.0381. The highest BCUT2D eigenvalue weighted by Crippen LogP contribution is 2.57. The molecule has 0 spiro atoms. The Morgan fingerprint density at radius 2 is 1.61 bits per heavy atom. The highest BCUT2D eigenvalue weighted by Gasteiger charge is 2.51. The maximum Gasteiger partial charge on any atom is 0.451 e. The van der Waals surface area contributed by atoms with E-state index in [0.717, 1.165) is 43.8 Å². The van der Waals surface area contributed by atoms with Crippen molar-refractivity contribution in [3.8, 4) is 17.2 Å². The third-order valence-corrected chi connectivity index (χ3v) is 7.36. The van der Waals surface area contributed by atoms with Crippen LogP contribution in [0, 0.1) is 17.0 Å². The zero-order valence-corrected chi connectivity index (χ0v) is 18.7. The standard InChI is InChI=1S/C23H20F5N5O3/c24-14-7-12(8-15(25)16(14)34)17(35)31-11-21-1-4-22(5-2-21,6-3-21)19-32-18(36-33-19)13-9-29-20(30-10-13)23(26,27)28/h7-10,34H,1-6,11H2,(H,31,35). The number of nitrogens with zero attached hydrogens (tertiary/aromatic N) is 4. The summed E-state index contributed by atoms with van der Waals surface area (Å²) in [6.07, 6.45) is 1.73. The molecule has 0 atom stereocenters. The molecular formula is C23H20F5N5O3. The van der Waals surface area contributed by atoms with Crippen LogP contribution >= 0.6 is 0 Å². The van der Waals surface area contributed by atoms with E-state index in [1.54, 1.807) is 0 Å². The summed E-state index contributed by atoms with van der Waals surface area (Å²) in [5.74, 6) is -4.92. The van der Waals surface area contributed by atoms with Gasteiger partial charge in [0.15, 0.2) is 23.2 Å². The van der Waals surface area contributed by atoms with Gasteiger partial charge in [-0.2, -0.15) is 18.2 Å². The summed E-state index contributed by atoms with van der Waals surface area (Å²) in [5, 5.41) is 16.1. The van der Waals surface area contributed by atoms with Gasteiger partial charge < -0.3 is 14.9 Å². The minimum atomic E-state index is -4.65. The smallest absolute Gasteiger partial charge is 0.451 e. The van der Waals surface area contributed by atoms with Gasteiger partial charge in [0.2, 0.25) is 5.82 Å². The number of phenols is 1. The lowest BCUT2D eigenvalue weighted by molar-refractivity contribution is -0.145. The molecule has 0 saturated heterocycles. The third kappa shape index (κ3) is 4.26. The van der Waals surface area contributed by atoms with Crippen LogP contribution in [0.4, 0.5) is 22.0 Å². The summed E-state index contributed by atoms with van der Waals surface area (Å²) in [6, 6.07) is 1.57. The van der Waals surface area contributed by atoms with Gasteiger partial charge in [0, 0.05) is 29.9 Å². The highest BCUT2D eigenvalue weighted by atomic mass is 19.4. The number of halogens is 5. The number of hydrogen-bond donors (Lipinski definition) is 2. The van der Waals surface area contributed by atoms with Crippen molar-refractivity contribution < 1.29 is 36.4 Å².